The molecule has 1 atom stereocenters. The van der Waals surface area contributed by atoms with Crippen LogP contribution in [0.5, 0.6) is 0 Å². The van der Waals surface area contributed by atoms with E-state index in [1.807, 2.05) is 0 Å². The fourth-order valence-corrected chi connectivity index (χ4v) is 8.47. The zero-order chi connectivity index (χ0) is 50.7. The highest BCUT2D eigenvalue weighted by Crippen LogP contribution is 2.16. The molecule has 70 heavy (non-hydrogen) atoms. The molecule has 0 bridgehead atoms. The Morgan fingerprint density at radius 1 is 0.300 bits per heavy atom. The number of ether oxygens (including phenoxy) is 3. The van der Waals surface area contributed by atoms with Crippen LogP contribution in [-0.2, 0) is 28.6 Å². The second-order valence-electron chi connectivity index (χ2n) is 19.9. The van der Waals surface area contributed by atoms with Gasteiger partial charge in [-0.1, -0.05) is 261 Å². The minimum Gasteiger partial charge on any atom is -0.462 e. The van der Waals surface area contributed by atoms with Crippen molar-refractivity contribution in [2.75, 3.05) is 13.2 Å². The second kappa shape index (κ2) is 58.4. The smallest absolute Gasteiger partial charge is 0.306 e. The van der Waals surface area contributed by atoms with Gasteiger partial charge in [0.05, 0.1) is 0 Å². The molecule has 6 heteroatoms. The summed E-state index contributed by atoms with van der Waals surface area (Å²) in [5.74, 6) is -0.881. The quantitative estimate of drug-likeness (QED) is 0.0261. The van der Waals surface area contributed by atoms with Gasteiger partial charge in [-0.2, -0.15) is 0 Å². The molecule has 0 N–H and O–H groups in total. The van der Waals surface area contributed by atoms with Crippen LogP contribution in [0.1, 0.15) is 297 Å². The Labute approximate surface area is 433 Å². The molecule has 0 aliphatic heterocycles. The van der Waals surface area contributed by atoms with E-state index in [1.54, 1.807) is 0 Å². The van der Waals surface area contributed by atoms with Crippen molar-refractivity contribution in [2.45, 2.75) is 303 Å². The molecule has 0 spiro atoms. The van der Waals surface area contributed by atoms with Crippen LogP contribution in [-0.4, -0.2) is 37.2 Å². The summed E-state index contributed by atoms with van der Waals surface area (Å²) >= 11 is 0. The van der Waals surface area contributed by atoms with E-state index in [9.17, 15) is 14.4 Å². The summed E-state index contributed by atoms with van der Waals surface area (Å²) in [4.78, 5) is 38.1. The highest BCUT2D eigenvalue weighted by Gasteiger charge is 2.19. The van der Waals surface area contributed by atoms with Crippen LogP contribution in [0, 0.1) is 0 Å². The minimum atomic E-state index is -0.778. The fourth-order valence-electron chi connectivity index (χ4n) is 8.47. The lowest BCUT2D eigenvalue weighted by atomic mass is 10.0. The number of allylic oxidation sites excluding steroid dienone is 12. The number of hydrogen-bond donors (Lipinski definition) is 0. The van der Waals surface area contributed by atoms with E-state index in [0.717, 1.165) is 96.3 Å². The summed E-state index contributed by atoms with van der Waals surface area (Å²) in [7, 11) is 0. The Kier molecular flexibility index (Phi) is 55.8. The van der Waals surface area contributed by atoms with E-state index in [2.05, 4.69) is 93.7 Å². The van der Waals surface area contributed by atoms with E-state index >= 15 is 0 Å². The largest absolute Gasteiger partial charge is 0.462 e. The van der Waals surface area contributed by atoms with E-state index in [1.165, 1.54) is 161 Å². The van der Waals surface area contributed by atoms with Gasteiger partial charge in [0, 0.05) is 19.3 Å². The number of rotatable bonds is 54. The topological polar surface area (TPSA) is 78.9 Å². The molecule has 0 amide bonds. The number of carbonyl (C=O) groups excluding carboxylic acids is 3. The van der Waals surface area contributed by atoms with Gasteiger partial charge in [0.1, 0.15) is 13.2 Å². The van der Waals surface area contributed by atoms with Gasteiger partial charge in [0.25, 0.3) is 0 Å². The second-order valence-corrected chi connectivity index (χ2v) is 19.9. The molecule has 0 saturated carbocycles. The summed E-state index contributed by atoms with van der Waals surface area (Å²) in [5, 5.41) is 0. The van der Waals surface area contributed by atoms with Crippen molar-refractivity contribution < 1.29 is 28.6 Å². The Morgan fingerprint density at radius 2 is 0.557 bits per heavy atom. The van der Waals surface area contributed by atoms with E-state index in [0.29, 0.717) is 19.3 Å². The van der Waals surface area contributed by atoms with Crippen molar-refractivity contribution in [1.29, 1.82) is 0 Å². The molecule has 6 nitrogen and oxygen atoms in total. The Balaban J connectivity index is 4.20. The summed E-state index contributed by atoms with van der Waals surface area (Å²) in [6.45, 7) is 6.52. The maximum absolute atomic E-state index is 12.8. The van der Waals surface area contributed by atoms with Crippen molar-refractivity contribution in [3.63, 3.8) is 0 Å². The predicted molar refractivity (Wildman–Crippen MR) is 302 cm³/mol. The third-order valence-electron chi connectivity index (χ3n) is 12.9. The summed E-state index contributed by atoms with van der Waals surface area (Å²) < 4.78 is 16.8. The summed E-state index contributed by atoms with van der Waals surface area (Å²) in [6, 6.07) is 0. The maximum Gasteiger partial charge on any atom is 0.306 e. The molecule has 0 aromatic rings. The molecule has 1 unspecified atom stereocenters. The van der Waals surface area contributed by atoms with Crippen molar-refractivity contribution in [3.8, 4) is 0 Å². The molecular weight excluding hydrogens is 865 g/mol. The molecule has 0 heterocycles. The van der Waals surface area contributed by atoms with Crippen molar-refractivity contribution in [1.82, 2.24) is 0 Å². The van der Waals surface area contributed by atoms with Crippen molar-refractivity contribution in [3.05, 3.63) is 72.9 Å². The van der Waals surface area contributed by atoms with Gasteiger partial charge in [-0.05, 0) is 89.9 Å². The van der Waals surface area contributed by atoms with Gasteiger partial charge in [0.2, 0.25) is 0 Å². The van der Waals surface area contributed by atoms with Gasteiger partial charge in [-0.3, -0.25) is 14.4 Å². The molecule has 0 radical (unpaired) electrons. The highest BCUT2D eigenvalue weighted by atomic mass is 16.6. The first-order valence-corrected chi connectivity index (χ1v) is 29.9. The molecule has 0 saturated heterocycles. The van der Waals surface area contributed by atoms with E-state index in [-0.39, 0.29) is 31.1 Å². The van der Waals surface area contributed by atoms with Crippen LogP contribution in [0.2, 0.25) is 0 Å². The molecule has 0 aliphatic carbocycles. The first-order valence-electron chi connectivity index (χ1n) is 29.9. The van der Waals surface area contributed by atoms with E-state index < -0.39 is 6.10 Å². The van der Waals surface area contributed by atoms with Gasteiger partial charge < -0.3 is 14.2 Å². The van der Waals surface area contributed by atoms with Crippen LogP contribution in [0.25, 0.3) is 0 Å². The maximum atomic E-state index is 12.8. The van der Waals surface area contributed by atoms with Crippen LogP contribution in [0.15, 0.2) is 72.9 Å². The Bertz CT molecular complexity index is 1310. The van der Waals surface area contributed by atoms with Gasteiger partial charge in [-0.15, -0.1) is 0 Å². The zero-order valence-electron chi connectivity index (χ0n) is 46.3. The number of carbonyl (C=O) groups is 3. The monoisotopic (exact) mass is 977 g/mol. The number of esters is 3. The lowest BCUT2D eigenvalue weighted by Crippen LogP contribution is -2.30. The normalized spacial score (nSPS) is 12.6. The fraction of sp³-hybridized carbons (Fsp3) is 0.766. The third kappa shape index (κ3) is 55.8. The first kappa shape index (κ1) is 66.9. The molecule has 0 aromatic heterocycles. The van der Waals surface area contributed by atoms with Crippen molar-refractivity contribution in [2.24, 2.45) is 0 Å². The predicted octanol–water partition coefficient (Wildman–Crippen LogP) is 20.2. The van der Waals surface area contributed by atoms with Crippen molar-refractivity contribution >= 4 is 17.9 Å². The first-order chi connectivity index (χ1) is 34.5. The third-order valence-corrected chi connectivity index (χ3v) is 12.9. The standard InChI is InChI=1S/C64H112O6/c1-4-7-10-13-16-19-21-23-25-27-28-29-30-31-32-33-34-35-36-37-39-40-42-45-48-51-54-57-63(66)69-60-61(59-68-62(65)56-53-50-47-44-18-15-12-9-6-3)70-64(67)58-55-52-49-46-43-41-38-26-24-22-20-17-14-11-8-5-2/h7,10,16,19,23,25-26,28-29,31-32,38,61H,4-6,8-9,11-15,17-18,20-22,24,27,30,33-37,39-60H2,1-3H3/b10-7-,19-16-,25-23-,29-28-,32-31-,38-26-. The van der Waals surface area contributed by atoms with Crippen LogP contribution < -0.4 is 0 Å². The van der Waals surface area contributed by atoms with Crippen LogP contribution >= 0.6 is 0 Å². The number of hydrogen-bond acceptors (Lipinski definition) is 6. The number of unbranched alkanes of at least 4 members (excludes halogenated alkanes) is 31. The van der Waals surface area contributed by atoms with Crippen LogP contribution in [0.4, 0.5) is 0 Å². The van der Waals surface area contributed by atoms with Crippen LogP contribution in [0.3, 0.4) is 0 Å². The molecule has 0 aliphatic rings. The summed E-state index contributed by atoms with van der Waals surface area (Å²) in [5.41, 5.74) is 0. The molecular formula is C64H112O6. The van der Waals surface area contributed by atoms with Gasteiger partial charge in [-0.25, -0.2) is 0 Å². The zero-order valence-corrected chi connectivity index (χ0v) is 46.3. The van der Waals surface area contributed by atoms with E-state index in [4.69, 9.17) is 14.2 Å². The molecule has 0 fully saturated rings. The van der Waals surface area contributed by atoms with Gasteiger partial charge >= 0.3 is 17.9 Å². The average molecular weight is 978 g/mol. The molecule has 0 rings (SSSR count). The average Bonchev–Trinajstić information content (AvgIpc) is 3.36. The Hall–Kier alpha value is -3.15. The lowest BCUT2D eigenvalue weighted by Gasteiger charge is -2.18. The molecule has 0 aromatic carbocycles. The lowest BCUT2D eigenvalue weighted by molar-refractivity contribution is -0.167. The Morgan fingerprint density at radius 3 is 0.886 bits per heavy atom. The summed E-state index contributed by atoms with van der Waals surface area (Å²) in [6.07, 6.45) is 74.8. The molecule has 404 valence electrons. The minimum absolute atomic E-state index is 0.0765. The SMILES string of the molecule is CC/C=C\C/C=C\C/C=C\C/C=C\C/C=C\CCCCCCCCCCCCCC(=O)OCC(COC(=O)CCCCCCCCCCC)OC(=O)CCCCCCC/C=C\CCCCCCCCC. The highest BCUT2D eigenvalue weighted by molar-refractivity contribution is 5.71. The van der Waals surface area contributed by atoms with Gasteiger partial charge in [0.15, 0.2) is 6.10 Å².